The van der Waals surface area contributed by atoms with Crippen molar-refractivity contribution in [2.45, 2.75) is 51.5 Å². The number of pyridine rings is 1. The highest BCUT2D eigenvalue weighted by atomic mass is 19.1. The molecule has 0 bridgehead atoms. The number of halogens is 1. The number of carboxylic acid groups (broad SMARTS) is 1. The Hall–Kier alpha value is -2.17. The van der Waals surface area contributed by atoms with Crippen LogP contribution in [0.4, 0.5) is 4.39 Å². The normalized spacial score (nSPS) is 15.7. The zero-order valence-corrected chi connectivity index (χ0v) is 13.5. The number of aromatic nitrogens is 1. The molecule has 0 spiro atoms. The molecule has 0 unspecified atom stereocenters. The van der Waals surface area contributed by atoms with E-state index >= 15 is 0 Å². The van der Waals surface area contributed by atoms with Crippen molar-refractivity contribution in [2.24, 2.45) is 0 Å². The Morgan fingerprint density at radius 3 is 2.43 bits per heavy atom. The molecule has 122 valence electrons. The van der Waals surface area contributed by atoms with Crippen LogP contribution < -0.4 is 5.43 Å². The van der Waals surface area contributed by atoms with Gasteiger partial charge in [0, 0.05) is 17.6 Å². The lowest BCUT2D eigenvalue weighted by atomic mass is 9.85. The van der Waals surface area contributed by atoms with Gasteiger partial charge >= 0.3 is 5.97 Å². The van der Waals surface area contributed by atoms with E-state index < -0.39 is 22.6 Å². The summed E-state index contributed by atoms with van der Waals surface area (Å²) in [5, 5.41) is 9.41. The Morgan fingerprint density at radius 2 is 1.96 bits per heavy atom. The lowest BCUT2D eigenvalue weighted by molar-refractivity contribution is 0.0694. The fourth-order valence-corrected chi connectivity index (χ4v) is 3.06. The second-order valence-electron chi connectivity index (χ2n) is 7.27. The minimum Gasteiger partial charge on any atom is -0.477 e. The van der Waals surface area contributed by atoms with E-state index in [2.05, 4.69) is 0 Å². The van der Waals surface area contributed by atoms with Crippen molar-refractivity contribution in [3.8, 4) is 0 Å². The van der Waals surface area contributed by atoms with Gasteiger partial charge < -0.3 is 9.67 Å². The Balaban J connectivity index is 2.40. The summed E-state index contributed by atoms with van der Waals surface area (Å²) >= 11 is 0. The molecule has 5 heteroatoms. The number of fused-ring (bicyclic) bond motifs is 1. The van der Waals surface area contributed by atoms with Crippen LogP contribution in [0.3, 0.4) is 0 Å². The molecule has 1 heterocycles. The molecule has 23 heavy (non-hydrogen) atoms. The van der Waals surface area contributed by atoms with Crippen LogP contribution in [0.5, 0.6) is 0 Å². The molecule has 1 N–H and O–H groups in total. The van der Waals surface area contributed by atoms with E-state index in [0.29, 0.717) is 11.1 Å². The Kier molecular flexibility index (Phi) is 3.54. The molecule has 4 nitrogen and oxygen atoms in total. The lowest BCUT2D eigenvalue weighted by Gasteiger charge is -2.31. The largest absolute Gasteiger partial charge is 0.477 e. The van der Waals surface area contributed by atoms with Gasteiger partial charge in [0.05, 0.1) is 5.52 Å². The van der Waals surface area contributed by atoms with E-state index in [-0.39, 0.29) is 17.0 Å². The van der Waals surface area contributed by atoms with Gasteiger partial charge in [-0.05, 0) is 42.4 Å². The number of benzene rings is 1. The fourth-order valence-electron chi connectivity index (χ4n) is 3.06. The molecule has 1 saturated carbocycles. The van der Waals surface area contributed by atoms with Crippen LogP contribution in [0.1, 0.15) is 62.0 Å². The third-order valence-electron chi connectivity index (χ3n) is 4.63. The van der Waals surface area contributed by atoms with Gasteiger partial charge in [-0.2, -0.15) is 0 Å². The van der Waals surface area contributed by atoms with Crippen LogP contribution >= 0.6 is 0 Å². The van der Waals surface area contributed by atoms with Crippen molar-refractivity contribution < 1.29 is 14.3 Å². The first-order chi connectivity index (χ1) is 10.7. The molecular weight excluding hydrogens is 297 g/mol. The fraction of sp³-hybridized carbons (Fsp3) is 0.444. The summed E-state index contributed by atoms with van der Waals surface area (Å²) in [6.45, 7) is 5.73. The van der Waals surface area contributed by atoms with Gasteiger partial charge in [-0.25, -0.2) is 9.18 Å². The van der Waals surface area contributed by atoms with E-state index in [4.69, 9.17) is 0 Å². The topological polar surface area (TPSA) is 59.3 Å². The first kappa shape index (κ1) is 15.7. The van der Waals surface area contributed by atoms with Gasteiger partial charge in [-0.15, -0.1) is 0 Å². The van der Waals surface area contributed by atoms with Gasteiger partial charge in [-0.3, -0.25) is 4.79 Å². The van der Waals surface area contributed by atoms with Crippen molar-refractivity contribution in [1.29, 1.82) is 0 Å². The standard InChI is InChI=1S/C18H20FNO3/c1-18(2,3)13-8-15-11(7-14(13)19)16(21)12(17(22)23)9-20(15)10-5-4-6-10/h7-10H,4-6H2,1-3H3,(H,22,23). The van der Waals surface area contributed by atoms with E-state index in [0.717, 1.165) is 19.3 Å². The molecular formula is C18H20FNO3. The van der Waals surface area contributed by atoms with Crippen molar-refractivity contribution in [1.82, 2.24) is 4.57 Å². The predicted molar refractivity (Wildman–Crippen MR) is 86.7 cm³/mol. The number of carboxylic acids is 1. The van der Waals surface area contributed by atoms with Gasteiger partial charge in [0.2, 0.25) is 5.43 Å². The molecule has 0 atom stereocenters. The van der Waals surface area contributed by atoms with E-state index in [1.165, 1.54) is 12.3 Å². The second kappa shape index (κ2) is 5.18. The molecule has 1 aliphatic carbocycles. The van der Waals surface area contributed by atoms with Gasteiger partial charge in [0.1, 0.15) is 11.4 Å². The maximum Gasteiger partial charge on any atom is 0.341 e. The minimum atomic E-state index is -1.27. The highest BCUT2D eigenvalue weighted by Crippen LogP contribution is 2.35. The average molecular weight is 317 g/mol. The molecule has 1 aromatic carbocycles. The van der Waals surface area contributed by atoms with Crippen LogP contribution in [0.25, 0.3) is 10.9 Å². The molecule has 1 aliphatic rings. The summed E-state index contributed by atoms with van der Waals surface area (Å²) in [6, 6.07) is 3.07. The van der Waals surface area contributed by atoms with Crippen LogP contribution in [-0.4, -0.2) is 15.6 Å². The van der Waals surface area contributed by atoms with Crippen molar-refractivity contribution in [2.75, 3.05) is 0 Å². The number of carbonyl (C=O) groups is 1. The van der Waals surface area contributed by atoms with E-state index in [1.807, 2.05) is 25.3 Å². The zero-order chi connectivity index (χ0) is 16.9. The third-order valence-corrected chi connectivity index (χ3v) is 4.63. The molecule has 1 fully saturated rings. The Morgan fingerprint density at radius 1 is 1.30 bits per heavy atom. The van der Waals surface area contributed by atoms with Crippen molar-refractivity contribution in [3.05, 3.63) is 45.5 Å². The third kappa shape index (κ3) is 2.54. The molecule has 0 radical (unpaired) electrons. The molecule has 0 amide bonds. The summed E-state index contributed by atoms with van der Waals surface area (Å²) in [7, 11) is 0. The molecule has 0 saturated heterocycles. The summed E-state index contributed by atoms with van der Waals surface area (Å²) in [4.78, 5) is 23.8. The number of hydrogen-bond donors (Lipinski definition) is 1. The monoisotopic (exact) mass is 317 g/mol. The van der Waals surface area contributed by atoms with Gasteiger partial charge in [-0.1, -0.05) is 20.8 Å². The second-order valence-corrected chi connectivity index (χ2v) is 7.27. The highest BCUT2D eigenvalue weighted by Gasteiger charge is 2.26. The number of nitrogens with zero attached hydrogens (tertiary/aromatic N) is 1. The summed E-state index contributed by atoms with van der Waals surface area (Å²) in [5.74, 6) is -1.74. The maximum absolute atomic E-state index is 14.5. The molecule has 2 aromatic rings. The molecule has 1 aromatic heterocycles. The van der Waals surface area contributed by atoms with Crippen molar-refractivity contribution in [3.63, 3.8) is 0 Å². The summed E-state index contributed by atoms with van der Waals surface area (Å²) < 4.78 is 16.3. The first-order valence-corrected chi connectivity index (χ1v) is 7.82. The number of aromatic carboxylic acids is 1. The predicted octanol–water partition coefficient (Wildman–Crippen LogP) is 3.86. The van der Waals surface area contributed by atoms with Crippen LogP contribution in [0.15, 0.2) is 23.1 Å². The zero-order valence-electron chi connectivity index (χ0n) is 13.5. The van der Waals surface area contributed by atoms with Gasteiger partial charge in [0.15, 0.2) is 0 Å². The quantitative estimate of drug-likeness (QED) is 0.915. The average Bonchev–Trinajstić information content (AvgIpc) is 2.37. The smallest absolute Gasteiger partial charge is 0.341 e. The molecule has 0 aliphatic heterocycles. The van der Waals surface area contributed by atoms with Crippen molar-refractivity contribution >= 4 is 16.9 Å². The SMILES string of the molecule is CC(C)(C)c1cc2c(cc1F)c(=O)c(C(=O)O)cn2C1CCC1. The minimum absolute atomic E-state index is 0.141. The lowest BCUT2D eigenvalue weighted by Crippen LogP contribution is -2.25. The first-order valence-electron chi connectivity index (χ1n) is 7.82. The van der Waals surface area contributed by atoms with Gasteiger partial charge in [0.25, 0.3) is 0 Å². The van der Waals surface area contributed by atoms with Crippen LogP contribution in [-0.2, 0) is 5.41 Å². The Bertz CT molecular complexity index is 857. The maximum atomic E-state index is 14.5. The summed E-state index contributed by atoms with van der Waals surface area (Å²) in [5.41, 5.74) is -0.171. The highest BCUT2D eigenvalue weighted by molar-refractivity contribution is 5.92. The van der Waals surface area contributed by atoms with Crippen LogP contribution in [0.2, 0.25) is 0 Å². The number of rotatable bonds is 2. The van der Waals surface area contributed by atoms with E-state index in [9.17, 15) is 19.1 Å². The molecule has 3 rings (SSSR count). The number of hydrogen-bond acceptors (Lipinski definition) is 2. The Labute approximate surface area is 133 Å². The van der Waals surface area contributed by atoms with E-state index in [1.54, 1.807) is 6.07 Å². The van der Waals surface area contributed by atoms with Crippen LogP contribution in [0, 0.1) is 5.82 Å². The summed E-state index contributed by atoms with van der Waals surface area (Å²) in [6.07, 6.45) is 4.38.